The van der Waals surface area contributed by atoms with E-state index >= 15 is 0 Å². The zero-order chi connectivity index (χ0) is 48.6. The lowest BCUT2D eigenvalue weighted by molar-refractivity contribution is 0.952. The van der Waals surface area contributed by atoms with E-state index in [-0.39, 0.29) is 0 Å². The van der Waals surface area contributed by atoms with E-state index in [1.807, 2.05) is 24.3 Å². The smallest absolute Gasteiger partial charge is 0.238 e. The van der Waals surface area contributed by atoms with Gasteiger partial charge in [0.1, 0.15) is 0 Å². The third-order valence-corrected chi connectivity index (χ3v) is 14.2. The van der Waals surface area contributed by atoms with Gasteiger partial charge in [0.15, 0.2) is 17.3 Å². The van der Waals surface area contributed by atoms with Crippen LogP contribution in [0.3, 0.4) is 0 Å². The van der Waals surface area contributed by atoms with Gasteiger partial charge >= 0.3 is 0 Å². The van der Waals surface area contributed by atoms with Gasteiger partial charge < -0.3 is 9.13 Å². The molecular formula is C65H38N8. The number of para-hydroxylation sites is 2. The largest absolute Gasteiger partial charge is 0.309 e. The molecule has 0 N–H and O–H groups in total. The zero-order valence-corrected chi connectivity index (χ0v) is 39.0. The fourth-order valence-electron chi connectivity index (χ4n) is 10.7. The molecule has 0 saturated carbocycles. The van der Waals surface area contributed by atoms with Crippen molar-refractivity contribution in [2.45, 2.75) is 0 Å². The minimum absolute atomic E-state index is 0.428. The summed E-state index contributed by atoms with van der Waals surface area (Å²) in [5.41, 5.74) is 15.4. The molecule has 0 unspecified atom stereocenters. The van der Waals surface area contributed by atoms with E-state index in [0.29, 0.717) is 28.8 Å². The van der Waals surface area contributed by atoms with Crippen LogP contribution >= 0.6 is 0 Å². The monoisotopic (exact) mass is 930 g/mol. The quantitative estimate of drug-likeness (QED) is 0.149. The molecule has 0 aliphatic heterocycles. The number of benzene rings is 10. The van der Waals surface area contributed by atoms with Gasteiger partial charge in [-0.25, -0.2) is 9.83 Å². The van der Waals surface area contributed by atoms with Gasteiger partial charge in [-0.05, 0) is 107 Å². The highest BCUT2D eigenvalue weighted by molar-refractivity contribution is 6.14. The Bertz CT molecular complexity index is 4380. The second-order valence-electron chi connectivity index (χ2n) is 18.3. The summed E-state index contributed by atoms with van der Waals surface area (Å²) >= 11 is 0. The Morgan fingerprint density at radius 1 is 0.342 bits per heavy atom. The molecule has 0 spiro atoms. The van der Waals surface area contributed by atoms with Crippen LogP contribution in [0.5, 0.6) is 0 Å². The summed E-state index contributed by atoms with van der Waals surface area (Å²) in [7, 11) is 0. The number of fused-ring (bicyclic) bond motifs is 9. The van der Waals surface area contributed by atoms with Crippen molar-refractivity contribution in [3.63, 3.8) is 0 Å². The number of nitriles is 1. The molecule has 14 rings (SSSR count). The zero-order valence-electron chi connectivity index (χ0n) is 39.0. The SMILES string of the molecule is [C-]#[N+]c1ccc(-c2nc(-c3ccc(C#N)cc3)nc(-n3c4cc(-n5c6ccccc6c6ccccc65)ccc4c4ccc(-n5c6ccc(-c7ccccc7)cc6c6cc(-c7ccccc7)ccc65)cc43)n2)cc1. The van der Waals surface area contributed by atoms with E-state index in [0.717, 1.165) is 99.4 Å². The summed E-state index contributed by atoms with van der Waals surface area (Å²) in [4.78, 5) is 19.3. The molecule has 14 aromatic rings. The molecule has 0 radical (unpaired) electrons. The topological polar surface area (TPSA) is 81.6 Å². The molecule has 4 heterocycles. The molecule has 8 nitrogen and oxygen atoms in total. The Morgan fingerprint density at radius 2 is 0.767 bits per heavy atom. The first kappa shape index (κ1) is 41.6. The number of rotatable bonds is 7. The van der Waals surface area contributed by atoms with Crippen molar-refractivity contribution in [1.82, 2.24) is 28.7 Å². The lowest BCUT2D eigenvalue weighted by Crippen LogP contribution is -2.07. The summed E-state index contributed by atoms with van der Waals surface area (Å²) in [6, 6.07) is 82.1. The van der Waals surface area contributed by atoms with E-state index in [4.69, 9.17) is 21.5 Å². The molecular weight excluding hydrogens is 893 g/mol. The molecule has 0 bridgehead atoms. The standard InChI is InChI=1S/C65H38N8/c1-67-48-28-24-45(25-29-48)64-68-63(44-22-20-41(40-66)21-23-44)69-65(70-64)73-61-38-49(71-57-18-10-8-16-51(57)52-17-9-11-19-58(52)71)30-32-53(61)54-33-31-50(39-62(54)73)72-59-34-26-46(42-12-4-2-5-13-42)36-55(59)56-37-47(27-35-60(56)72)43-14-6-3-7-15-43/h2-39H. The van der Waals surface area contributed by atoms with Gasteiger partial charge in [-0.3, -0.25) is 4.57 Å². The van der Waals surface area contributed by atoms with Crippen LogP contribution in [0.1, 0.15) is 5.56 Å². The molecule has 0 atom stereocenters. The molecule has 338 valence electrons. The second kappa shape index (κ2) is 16.6. The highest BCUT2D eigenvalue weighted by Crippen LogP contribution is 2.41. The molecule has 10 aromatic carbocycles. The summed E-state index contributed by atoms with van der Waals surface area (Å²) < 4.78 is 6.88. The molecule has 0 saturated heterocycles. The maximum Gasteiger partial charge on any atom is 0.238 e. The summed E-state index contributed by atoms with van der Waals surface area (Å²) in [6.07, 6.45) is 0. The van der Waals surface area contributed by atoms with E-state index in [2.05, 4.69) is 207 Å². The van der Waals surface area contributed by atoms with Crippen molar-refractivity contribution in [3.8, 4) is 68.4 Å². The molecule has 73 heavy (non-hydrogen) atoms. The molecule has 4 aromatic heterocycles. The minimum Gasteiger partial charge on any atom is -0.309 e. The predicted octanol–water partition coefficient (Wildman–Crippen LogP) is 16.3. The van der Waals surface area contributed by atoms with Gasteiger partial charge in [0.05, 0.1) is 51.3 Å². The maximum atomic E-state index is 9.72. The molecule has 8 heteroatoms. The normalized spacial score (nSPS) is 11.5. The summed E-state index contributed by atoms with van der Waals surface area (Å²) in [5.74, 6) is 1.34. The third-order valence-electron chi connectivity index (χ3n) is 14.2. The van der Waals surface area contributed by atoms with Gasteiger partial charge in [0, 0.05) is 54.8 Å². The lowest BCUT2D eigenvalue weighted by atomic mass is 10.0. The van der Waals surface area contributed by atoms with Crippen molar-refractivity contribution >= 4 is 71.1 Å². The maximum absolute atomic E-state index is 9.72. The van der Waals surface area contributed by atoms with Crippen LogP contribution in [0.25, 0.3) is 133 Å². The highest BCUT2D eigenvalue weighted by Gasteiger charge is 2.22. The third kappa shape index (κ3) is 6.78. The van der Waals surface area contributed by atoms with Crippen LogP contribution in [-0.4, -0.2) is 28.7 Å². The first-order valence-electron chi connectivity index (χ1n) is 24.1. The molecule has 0 aliphatic carbocycles. The molecule has 0 aliphatic rings. The summed E-state index contributed by atoms with van der Waals surface area (Å²) in [5, 5.41) is 16.5. The van der Waals surface area contributed by atoms with E-state index in [9.17, 15) is 5.26 Å². The Labute approximate surface area is 419 Å². The van der Waals surface area contributed by atoms with Crippen LogP contribution in [-0.2, 0) is 0 Å². The first-order chi connectivity index (χ1) is 36.1. The van der Waals surface area contributed by atoms with Crippen LogP contribution < -0.4 is 0 Å². The average Bonchev–Trinajstić information content (AvgIpc) is 4.10. The Morgan fingerprint density at radius 3 is 1.25 bits per heavy atom. The van der Waals surface area contributed by atoms with Gasteiger partial charge in [0.25, 0.3) is 0 Å². The predicted molar refractivity (Wildman–Crippen MR) is 296 cm³/mol. The molecule has 0 amide bonds. The highest BCUT2D eigenvalue weighted by atomic mass is 15.2. The van der Waals surface area contributed by atoms with Gasteiger partial charge in [0.2, 0.25) is 5.95 Å². The summed E-state index contributed by atoms with van der Waals surface area (Å²) in [6.45, 7) is 7.64. The number of hydrogen-bond donors (Lipinski definition) is 0. The van der Waals surface area contributed by atoms with Crippen LogP contribution in [0.4, 0.5) is 5.69 Å². The number of nitrogens with zero attached hydrogens (tertiary/aromatic N) is 8. The Hall–Kier alpha value is -10.4. The average molecular weight is 931 g/mol. The van der Waals surface area contributed by atoms with E-state index in [1.54, 1.807) is 24.3 Å². The van der Waals surface area contributed by atoms with E-state index in [1.165, 1.54) is 10.8 Å². The van der Waals surface area contributed by atoms with Crippen molar-refractivity contribution < 1.29 is 0 Å². The van der Waals surface area contributed by atoms with Crippen molar-refractivity contribution in [1.29, 1.82) is 5.26 Å². The number of hydrogen-bond acceptors (Lipinski definition) is 4. The van der Waals surface area contributed by atoms with E-state index < -0.39 is 0 Å². The van der Waals surface area contributed by atoms with Gasteiger partial charge in [-0.15, -0.1) is 0 Å². The Kier molecular flexibility index (Phi) is 9.47. The van der Waals surface area contributed by atoms with Crippen molar-refractivity contribution in [3.05, 3.63) is 248 Å². The number of aromatic nitrogens is 6. The lowest BCUT2D eigenvalue weighted by Gasteiger charge is -2.13. The van der Waals surface area contributed by atoms with Crippen molar-refractivity contribution in [2.24, 2.45) is 0 Å². The van der Waals surface area contributed by atoms with Gasteiger partial charge in [-0.2, -0.15) is 15.2 Å². The van der Waals surface area contributed by atoms with Crippen molar-refractivity contribution in [2.75, 3.05) is 0 Å². The fourth-order valence-corrected chi connectivity index (χ4v) is 10.7. The van der Waals surface area contributed by atoms with Crippen LogP contribution in [0.2, 0.25) is 0 Å². The first-order valence-corrected chi connectivity index (χ1v) is 24.1. The fraction of sp³-hybridized carbons (Fsp3) is 0. The van der Waals surface area contributed by atoms with Gasteiger partial charge in [-0.1, -0.05) is 146 Å². The second-order valence-corrected chi connectivity index (χ2v) is 18.3. The van der Waals surface area contributed by atoms with Crippen LogP contribution in [0.15, 0.2) is 231 Å². The molecule has 0 fully saturated rings. The minimum atomic E-state index is 0.428. The Balaban J connectivity index is 1.06. The van der Waals surface area contributed by atoms with Crippen LogP contribution in [0, 0.1) is 17.9 Å².